The average Bonchev–Trinajstić information content (AvgIpc) is 2.36. The third-order valence-corrected chi connectivity index (χ3v) is 2.55. The Morgan fingerprint density at radius 3 is 2.59 bits per heavy atom. The summed E-state index contributed by atoms with van der Waals surface area (Å²) in [6.45, 7) is 7.99. The van der Waals surface area contributed by atoms with Gasteiger partial charge in [-0.2, -0.15) is 5.26 Å². The zero-order valence-corrected chi connectivity index (χ0v) is 10.3. The van der Waals surface area contributed by atoms with Crippen LogP contribution in [0.2, 0.25) is 0 Å². The fraction of sp³-hybridized carbons (Fsp3) is 0.357. The fourth-order valence-corrected chi connectivity index (χ4v) is 1.53. The van der Waals surface area contributed by atoms with E-state index in [-0.39, 0.29) is 18.7 Å². The molecule has 90 valence electrons. The smallest absolute Gasteiger partial charge is 0.174 e. The number of rotatable bonds is 6. The summed E-state index contributed by atoms with van der Waals surface area (Å²) in [6, 6.07) is 10.2. The Hall–Kier alpha value is -1.79. The number of nitrogens with one attached hydrogen (secondary N) is 1. The average molecular weight is 230 g/mol. The second-order valence-corrected chi connectivity index (χ2v) is 3.93. The zero-order chi connectivity index (χ0) is 12.7. The van der Waals surface area contributed by atoms with E-state index in [1.54, 1.807) is 0 Å². The molecule has 0 saturated heterocycles. The Kier molecular flexibility index (Phi) is 5.25. The number of ether oxygens (including phenoxy) is 1. The van der Waals surface area contributed by atoms with Crippen molar-refractivity contribution in [2.75, 3.05) is 6.61 Å². The summed E-state index contributed by atoms with van der Waals surface area (Å²) >= 11 is 0. The van der Waals surface area contributed by atoms with E-state index >= 15 is 0 Å². The van der Waals surface area contributed by atoms with Crippen molar-refractivity contribution in [3.05, 3.63) is 42.5 Å². The maximum atomic E-state index is 8.40. The molecule has 0 aliphatic heterocycles. The van der Waals surface area contributed by atoms with Crippen LogP contribution in [0, 0.1) is 11.3 Å². The van der Waals surface area contributed by atoms with E-state index in [4.69, 9.17) is 10.00 Å². The predicted molar refractivity (Wildman–Crippen MR) is 68.8 cm³/mol. The van der Waals surface area contributed by atoms with Crippen molar-refractivity contribution in [2.24, 2.45) is 0 Å². The van der Waals surface area contributed by atoms with Gasteiger partial charge in [-0.05, 0) is 31.5 Å². The first-order valence-corrected chi connectivity index (χ1v) is 5.65. The van der Waals surface area contributed by atoms with Crippen molar-refractivity contribution in [3.63, 3.8) is 0 Å². The zero-order valence-electron chi connectivity index (χ0n) is 10.3. The molecule has 2 atom stereocenters. The van der Waals surface area contributed by atoms with Crippen LogP contribution in [0.4, 0.5) is 0 Å². The van der Waals surface area contributed by atoms with Crippen LogP contribution in [-0.2, 0) is 0 Å². The molecule has 1 N–H and O–H groups in total. The molecule has 17 heavy (non-hydrogen) atoms. The van der Waals surface area contributed by atoms with Crippen LogP contribution in [0.5, 0.6) is 5.75 Å². The van der Waals surface area contributed by atoms with Crippen molar-refractivity contribution in [2.45, 2.75) is 25.9 Å². The van der Waals surface area contributed by atoms with Gasteiger partial charge in [0.25, 0.3) is 0 Å². The molecular weight excluding hydrogens is 212 g/mol. The topological polar surface area (TPSA) is 45.0 Å². The molecule has 0 heterocycles. The monoisotopic (exact) mass is 230 g/mol. The molecule has 0 radical (unpaired) electrons. The van der Waals surface area contributed by atoms with Crippen LogP contribution in [0.3, 0.4) is 0 Å². The molecule has 0 aromatic heterocycles. The van der Waals surface area contributed by atoms with Crippen LogP contribution >= 0.6 is 0 Å². The summed E-state index contributed by atoms with van der Waals surface area (Å²) in [7, 11) is 0. The van der Waals surface area contributed by atoms with E-state index in [1.165, 1.54) is 5.56 Å². The third kappa shape index (κ3) is 4.29. The van der Waals surface area contributed by atoms with Crippen molar-refractivity contribution in [1.82, 2.24) is 5.32 Å². The Labute approximate surface area is 103 Å². The van der Waals surface area contributed by atoms with Crippen molar-refractivity contribution in [1.29, 1.82) is 5.26 Å². The highest BCUT2D eigenvalue weighted by Gasteiger charge is 2.07. The van der Waals surface area contributed by atoms with Crippen molar-refractivity contribution in [3.8, 4) is 11.8 Å². The second-order valence-electron chi connectivity index (χ2n) is 3.93. The summed E-state index contributed by atoms with van der Waals surface area (Å²) < 4.78 is 5.19. The lowest BCUT2D eigenvalue weighted by Gasteiger charge is -2.17. The minimum Gasteiger partial charge on any atom is -0.479 e. The van der Waals surface area contributed by atoms with Gasteiger partial charge < -0.3 is 10.1 Å². The lowest BCUT2D eigenvalue weighted by atomic mass is 10.1. The first kappa shape index (κ1) is 13.3. The molecule has 2 unspecified atom stereocenters. The summed E-state index contributed by atoms with van der Waals surface area (Å²) in [6.07, 6.45) is 1.88. The molecule has 0 fully saturated rings. The Morgan fingerprint density at radius 2 is 2.06 bits per heavy atom. The maximum Gasteiger partial charge on any atom is 0.174 e. The molecule has 0 aliphatic carbocycles. The van der Waals surface area contributed by atoms with Gasteiger partial charge >= 0.3 is 0 Å². The van der Waals surface area contributed by atoms with Gasteiger partial charge in [0.05, 0.1) is 0 Å². The molecule has 1 aromatic carbocycles. The van der Waals surface area contributed by atoms with Crippen LogP contribution in [0.25, 0.3) is 0 Å². The molecule has 1 rings (SSSR count). The summed E-state index contributed by atoms with van der Waals surface area (Å²) in [5, 5.41) is 11.8. The van der Waals surface area contributed by atoms with Gasteiger partial charge in [0, 0.05) is 12.1 Å². The van der Waals surface area contributed by atoms with E-state index in [0.29, 0.717) is 0 Å². The van der Waals surface area contributed by atoms with Gasteiger partial charge in [-0.1, -0.05) is 18.2 Å². The number of hydrogen-bond donors (Lipinski definition) is 1. The van der Waals surface area contributed by atoms with Gasteiger partial charge in [-0.15, -0.1) is 6.58 Å². The van der Waals surface area contributed by atoms with Gasteiger partial charge in [-0.25, -0.2) is 0 Å². The lowest BCUT2D eigenvalue weighted by Crippen LogP contribution is -2.26. The van der Waals surface area contributed by atoms with Crippen LogP contribution in [0.15, 0.2) is 36.9 Å². The van der Waals surface area contributed by atoms with Gasteiger partial charge in [0.15, 0.2) is 6.61 Å². The highest BCUT2D eigenvalue weighted by Crippen LogP contribution is 2.18. The van der Waals surface area contributed by atoms with Crippen molar-refractivity contribution >= 4 is 0 Å². The molecule has 0 aliphatic rings. The molecule has 0 spiro atoms. The van der Waals surface area contributed by atoms with E-state index in [9.17, 15) is 0 Å². The molecular formula is C14H18N2O. The SMILES string of the molecule is C=CC(C)NC(C)c1ccc(OCC#N)cc1. The quantitative estimate of drug-likeness (QED) is 0.764. The van der Waals surface area contributed by atoms with Crippen molar-refractivity contribution < 1.29 is 4.74 Å². The molecule has 0 amide bonds. The van der Waals surface area contributed by atoms with Crippen LogP contribution < -0.4 is 10.1 Å². The highest BCUT2D eigenvalue weighted by molar-refractivity contribution is 5.29. The van der Waals surface area contributed by atoms with Gasteiger partial charge in [0.2, 0.25) is 0 Å². The highest BCUT2D eigenvalue weighted by atomic mass is 16.5. The fourth-order valence-electron chi connectivity index (χ4n) is 1.53. The van der Waals surface area contributed by atoms with E-state index in [2.05, 4.69) is 25.7 Å². The number of nitrogens with zero attached hydrogens (tertiary/aromatic N) is 1. The summed E-state index contributed by atoms with van der Waals surface area (Å²) in [5.41, 5.74) is 1.18. The minimum atomic E-state index is 0.0840. The molecule has 3 heteroatoms. The minimum absolute atomic E-state index is 0.0840. The predicted octanol–water partition coefficient (Wildman–Crippen LogP) is 2.81. The molecule has 3 nitrogen and oxygen atoms in total. The summed E-state index contributed by atoms with van der Waals surface area (Å²) in [5.74, 6) is 0.722. The lowest BCUT2D eigenvalue weighted by molar-refractivity contribution is 0.368. The Morgan fingerprint density at radius 1 is 1.41 bits per heavy atom. The van der Waals surface area contributed by atoms with E-state index < -0.39 is 0 Å². The standard InChI is InChI=1S/C14H18N2O/c1-4-11(2)16-12(3)13-5-7-14(8-6-13)17-10-9-15/h4-8,11-12,16H,1,10H2,2-3H3. The maximum absolute atomic E-state index is 8.40. The first-order chi connectivity index (χ1) is 8.17. The van der Waals surface area contributed by atoms with Crippen LogP contribution in [-0.4, -0.2) is 12.6 Å². The molecule has 0 saturated carbocycles. The number of nitriles is 1. The Bertz CT molecular complexity index is 392. The largest absolute Gasteiger partial charge is 0.479 e. The third-order valence-electron chi connectivity index (χ3n) is 2.55. The van der Waals surface area contributed by atoms with E-state index in [0.717, 1.165) is 5.75 Å². The molecule has 0 bridgehead atoms. The van der Waals surface area contributed by atoms with E-state index in [1.807, 2.05) is 36.4 Å². The number of hydrogen-bond acceptors (Lipinski definition) is 3. The summed E-state index contributed by atoms with van der Waals surface area (Å²) in [4.78, 5) is 0. The molecule has 1 aromatic rings. The van der Waals surface area contributed by atoms with Gasteiger partial charge in [0.1, 0.15) is 11.8 Å². The normalized spacial score (nSPS) is 13.5. The first-order valence-electron chi connectivity index (χ1n) is 5.65. The van der Waals surface area contributed by atoms with Crippen LogP contribution in [0.1, 0.15) is 25.5 Å². The van der Waals surface area contributed by atoms with Gasteiger partial charge in [-0.3, -0.25) is 0 Å². The number of benzene rings is 1. The second kappa shape index (κ2) is 6.72. The Balaban J connectivity index is 2.60.